The van der Waals surface area contributed by atoms with Crippen LogP contribution in [-0.4, -0.2) is 36.5 Å². The minimum Gasteiger partial charge on any atom is -0.466 e. The number of nitrogens with zero attached hydrogens (tertiary/aromatic N) is 2. The smallest absolute Gasteiger partial charge is 0.314 e. The molecule has 1 amide bonds. The molecule has 0 aliphatic carbocycles. The molecule has 0 saturated carbocycles. The Bertz CT molecular complexity index is 792. The van der Waals surface area contributed by atoms with Crippen LogP contribution in [0.5, 0.6) is 0 Å². The third kappa shape index (κ3) is 3.36. The van der Waals surface area contributed by atoms with Crippen LogP contribution in [0.3, 0.4) is 0 Å². The Hall–Kier alpha value is -2.64. The fourth-order valence-corrected chi connectivity index (χ4v) is 3.99. The zero-order valence-corrected chi connectivity index (χ0v) is 15.9. The molecule has 2 aliphatic rings. The highest BCUT2D eigenvalue weighted by molar-refractivity contribution is 5.95. The first kappa shape index (κ1) is 19.1. The van der Waals surface area contributed by atoms with Gasteiger partial charge >= 0.3 is 5.97 Å². The van der Waals surface area contributed by atoms with Crippen molar-refractivity contribution in [1.82, 2.24) is 0 Å². The topological polar surface area (TPSA) is 102 Å². The number of fused-ring (bicyclic) bond motifs is 1. The number of hydrogen-bond acceptors (Lipinski definition) is 6. The molecule has 2 heterocycles. The lowest BCUT2D eigenvalue weighted by Crippen LogP contribution is -2.40. The maximum absolute atomic E-state index is 12.6. The van der Waals surface area contributed by atoms with Crippen molar-refractivity contribution in [3.63, 3.8) is 0 Å². The van der Waals surface area contributed by atoms with Crippen molar-refractivity contribution in [1.29, 1.82) is 0 Å². The van der Waals surface area contributed by atoms with Crippen molar-refractivity contribution in [2.75, 3.05) is 29.9 Å². The van der Waals surface area contributed by atoms with E-state index in [1.54, 1.807) is 19.1 Å². The first-order valence-electron chi connectivity index (χ1n) is 9.32. The Morgan fingerprint density at radius 3 is 2.78 bits per heavy atom. The summed E-state index contributed by atoms with van der Waals surface area (Å²) in [5.74, 6) is -0.305. The molecule has 0 spiro atoms. The molecule has 0 aromatic heterocycles. The minimum atomic E-state index is -0.691. The number of amides is 1. The van der Waals surface area contributed by atoms with Crippen molar-refractivity contribution in [2.24, 2.45) is 11.3 Å². The second kappa shape index (κ2) is 7.17. The van der Waals surface area contributed by atoms with Gasteiger partial charge in [-0.1, -0.05) is 13.8 Å². The number of benzene rings is 1. The van der Waals surface area contributed by atoms with Crippen LogP contribution in [0.15, 0.2) is 12.1 Å². The molecule has 0 radical (unpaired) electrons. The van der Waals surface area contributed by atoms with Gasteiger partial charge in [0, 0.05) is 31.3 Å². The number of aryl methyl sites for hydroxylation is 1. The lowest BCUT2D eigenvalue weighted by atomic mass is 9.76. The Kier molecular flexibility index (Phi) is 5.08. The summed E-state index contributed by atoms with van der Waals surface area (Å²) in [5.41, 5.74) is 1.14. The summed E-state index contributed by atoms with van der Waals surface area (Å²) in [6, 6.07) is 3.22. The molecule has 1 aromatic rings. The molecule has 146 valence electrons. The van der Waals surface area contributed by atoms with E-state index in [9.17, 15) is 19.7 Å². The molecule has 1 aromatic carbocycles. The third-order valence-electron chi connectivity index (χ3n) is 5.72. The van der Waals surface area contributed by atoms with Gasteiger partial charge in [-0.2, -0.15) is 0 Å². The summed E-state index contributed by atoms with van der Waals surface area (Å²) in [5, 5.41) is 14.5. The van der Waals surface area contributed by atoms with E-state index in [1.165, 1.54) is 0 Å². The predicted molar refractivity (Wildman–Crippen MR) is 101 cm³/mol. The first-order valence-corrected chi connectivity index (χ1v) is 9.32. The SMILES string of the molecule is CCOC(=O)C1(C(C)C)CCN(c2cc3c(cc2[N+](=O)[O-])CCC(=O)N3)C1. The Morgan fingerprint density at radius 1 is 1.41 bits per heavy atom. The lowest BCUT2D eigenvalue weighted by molar-refractivity contribution is -0.384. The monoisotopic (exact) mass is 375 g/mol. The van der Waals surface area contributed by atoms with E-state index in [0.717, 1.165) is 5.56 Å². The largest absolute Gasteiger partial charge is 0.466 e. The summed E-state index contributed by atoms with van der Waals surface area (Å²) < 4.78 is 5.30. The van der Waals surface area contributed by atoms with E-state index < -0.39 is 10.3 Å². The number of esters is 1. The fraction of sp³-hybridized carbons (Fsp3) is 0.579. The van der Waals surface area contributed by atoms with Gasteiger partial charge in [0.25, 0.3) is 5.69 Å². The summed E-state index contributed by atoms with van der Waals surface area (Å²) in [6.07, 6.45) is 1.39. The van der Waals surface area contributed by atoms with Crippen molar-refractivity contribution in [3.05, 3.63) is 27.8 Å². The second-order valence-electron chi connectivity index (χ2n) is 7.51. The number of nitro groups is 1. The molecule has 27 heavy (non-hydrogen) atoms. The van der Waals surface area contributed by atoms with Gasteiger partial charge in [-0.05, 0) is 37.3 Å². The first-order chi connectivity index (χ1) is 12.8. The van der Waals surface area contributed by atoms with Crippen molar-refractivity contribution >= 4 is 28.9 Å². The number of ether oxygens (including phenoxy) is 1. The molecule has 1 N–H and O–H groups in total. The van der Waals surface area contributed by atoms with Crippen LogP contribution in [0.4, 0.5) is 17.1 Å². The highest BCUT2D eigenvalue weighted by atomic mass is 16.6. The number of rotatable bonds is 5. The Balaban J connectivity index is 1.99. The molecular formula is C19H25N3O5. The fourth-order valence-electron chi connectivity index (χ4n) is 3.99. The van der Waals surface area contributed by atoms with Gasteiger partial charge in [0.05, 0.1) is 16.9 Å². The number of nitrogens with one attached hydrogen (secondary N) is 1. The average Bonchev–Trinajstić information content (AvgIpc) is 3.07. The summed E-state index contributed by atoms with van der Waals surface area (Å²) in [6.45, 7) is 6.90. The van der Waals surface area contributed by atoms with Gasteiger partial charge in [0.1, 0.15) is 5.69 Å². The van der Waals surface area contributed by atoms with E-state index in [-0.39, 0.29) is 23.5 Å². The van der Waals surface area contributed by atoms with Crippen LogP contribution < -0.4 is 10.2 Å². The van der Waals surface area contributed by atoms with Crippen molar-refractivity contribution < 1.29 is 19.2 Å². The molecule has 8 nitrogen and oxygen atoms in total. The molecule has 1 unspecified atom stereocenters. The van der Waals surface area contributed by atoms with E-state index in [2.05, 4.69) is 5.32 Å². The number of carbonyl (C=O) groups is 2. The van der Waals surface area contributed by atoms with Gasteiger partial charge in [-0.25, -0.2) is 0 Å². The molecule has 8 heteroatoms. The number of anilines is 2. The highest BCUT2D eigenvalue weighted by Gasteiger charge is 2.49. The molecule has 1 saturated heterocycles. The maximum Gasteiger partial charge on any atom is 0.314 e. The van der Waals surface area contributed by atoms with Gasteiger partial charge < -0.3 is 15.0 Å². The summed E-state index contributed by atoms with van der Waals surface area (Å²) in [4.78, 5) is 37.5. The van der Waals surface area contributed by atoms with E-state index >= 15 is 0 Å². The molecule has 1 fully saturated rings. The predicted octanol–water partition coefficient (Wildman–Crippen LogP) is 2.90. The third-order valence-corrected chi connectivity index (χ3v) is 5.72. The van der Waals surface area contributed by atoms with Crippen LogP contribution in [0.25, 0.3) is 0 Å². The molecule has 2 aliphatic heterocycles. The zero-order valence-electron chi connectivity index (χ0n) is 15.9. The lowest BCUT2D eigenvalue weighted by Gasteiger charge is -2.31. The van der Waals surface area contributed by atoms with Gasteiger partial charge in [0.15, 0.2) is 0 Å². The van der Waals surface area contributed by atoms with E-state index in [4.69, 9.17) is 4.74 Å². The normalized spacial score (nSPS) is 21.8. The molecule has 3 rings (SSSR count). The summed E-state index contributed by atoms with van der Waals surface area (Å²) in [7, 11) is 0. The Labute approximate surface area is 158 Å². The Morgan fingerprint density at radius 2 is 2.15 bits per heavy atom. The average molecular weight is 375 g/mol. The molecule has 0 bridgehead atoms. The molecule has 1 atom stereocenters. The number of carbonyl (C=O) groups excluding carboxylic acids is 2. The van der Waals surface area contributed by atoms with Crippen molar-refractivity contribution in [2.45, 2.75) is 40.0 Å². The van der Waals surface area contributed by atoms with Crippen LogP contribution >= 0.6 is 0 Å². The maximum atomic E-state index is 12.6. The van der Waals surface area contributed by atoms with Crippen LogP contribution in [-0.2, 0) is 20.7 Å². The van der Waals surface area contributed by atoms with Crippen LogP contribution in [0.1, 0.15) is 39.2 Å². The molecular weight excluding hydrogens is 350 g/mol. The number of hydrogen-bond donors (Lipinski definition) is 1. The van der Waals surface area contributed by atoms with E-state index in [0.29, 0.717) is 50.3 Å². The zero-order chi connectivity index (χ0) is 19.8. The van der Waals surface area contributed by atoms with Gasteiger partial charge in [0.2, 0.25) is 5.91 Å². The standard InChI is InChI=1S/C19H25N3O5/c1-4-27-18(24)19(12(2)3)7-8-21(11-19)15-10-14-13(5-6-17(23)20-14)9-16(15)22(25)26/h9-10,12H,4-8,11H2,1-3H3,(H,20,23). The quantitative estimate of drug-likeness (QED) is 0.482. The van der Waals surface area contributed by atoms with Gasteiger partial charge in [-0.3, -0.25) is 19.7 Å². The van der Waals surface area contributed by atoms with Crippen LogP contribution in [0, 0.1) is 21.4 Å². The minimum absolute atomic E-state index is 0.00770. The second-order valence-corrected chi connectivity index (χ2v) is 7.51. The van der Waals surface area contributed by atoms with E-state index in [1.807, 2.05) is 18.7 Å². The van der Waals surface area contributed by atoms with Gasteiger partial charge in [-0.15, -0.1) is 0 Å². The summed E-state index contributed by atoms with van der Waals surface area (Å²) >= 11 is 0. The number of nitro benzene ring substituents is 1. The van der Waals surface area contributed by atoms with Crippen molar-refractivity contribution in [3.8, 4) is 0 Å². The van der Waals surface area contributed by atoms with Crippen LogP contribution in [0.2, 0.25) is 0 Å². The highest BCUT2D eigenvalue weighted by Crippen LogP contribution is 2.44.